The molecule has 2 aromatic rings. The molecule has 1 heterocycles. The third-order valence-corrected chi connectivity index (χ3v) is 5.93. The number of benzene rings is 1. The quantitative estimate of drug-likeness (QED) is 0.712. The maximum absolute atomic E-state index is 12.0. The van der Waals surface area contributed by atoms with Gasteiger partial charge in [0, 0.05) is 10.5 Å². The molecule has 0 saturated carbocycles. The predicted octanol–water partition coefficient (Wildman–Crippen LogP) is 4.87. The summed E-state index contributed by atoms with van der Waals surface area (Å²) in [6.45, 7) is 4.09. The number of hydrogen-bond donors (Lipinski definition) is 0. The van der Waals surface area contributed by atoms with Crippen molar-refractivity contribution in [3.8, 4) is 0 Å². The molecule has 1 aromatic carbocycles. The second kappa shape index (κ2) is 6.64. The summed E-state index contributed by atoms with van der Waals surface area (Å²) in [7, 11) is 1.47. The maximum Gasteiger partial charge on any atom is 0.321 e. The number of carbonyl (C=O) groups excluding carboxylic acids is 1. The standard InChI is InChI=1S/C16H20O2S2/c1-4-9-16(2,15(17)18-3)20-11-12-10-19-14-8-6-5-7-13(12)14/h5-8,10H,4,9,11H2,1-3H3. The van der Waals surface area contributed by atoms with Crippen molar-refractivity contribution in [3.63, 3.8) is 0 Å². The number of thioether (sulfide) groups is 1. The summed E-state index contributed by atoms with van der Waals surface area (Å²) in [5.41, 5.74) is 1.31. The van der Waals surface area contributed by atoms with E-state index in [4.69, 9.17) is 4.74 Å². The van der Waals surface area contributed by atoms with Crippen molar-refractivity contribution in [2.24, 2.45) is 0 Å². The van der Waals surface area contributed by atoms with E-state index in [2.05, 4.69) is 36.6 Å². The Morgan fingerprint density at radius 3 is 2.85 bits per heavy atom. The summed E-state index contributed by atoms with van der Waals surface area (Å²) < 4.78 is 5.82. The molecule has 20 heavy (non-hydrogen) atoms. The highest BCUT2D eigenvalue weighted by atomic mass is 32.2. The first-order valence-electron chi connectivity index (χ1n) is 6.78. The number of rotatable bonds is 6. The molecule has 0 fully saturated rings. The topological polar surface area (TPSA) is 26.3 Å². The van der Waals surface area contributed by atoms with Crippen molar-refractivity contribution in [2.75, 3.05) is 7.11 Å². The minimum Gasteiger partial charge on any atom is -0.468 e. The van der Waals surface area contributed by atoms with Gasteiger partial charge in [-0.3, -0.25) is 4.79 Å². The lowest BCUT2D eigenvalue weighted by Crippen LogP contribution is -2.32. The predicted molar refractivity (Wildman–Crippen MR) is 88.4 cm³/mol. The van der Waals surface area contributed by atoms with E-state index >= 15 is 0 Å². The minimum absolute atomic E-state index is 0.121. The third-order valence-electron chi connectivity index (χ3n) is 3.45. The average Bonchev–Trinajstić information content (AvgIpc) is 2.88. The summed E-state index contributed by atoms with van der Waals surface area (Å²) in [6.07, 6.45) is 1.81. The number of ether oxygens (including phenoxy) is 1. The molecular formula is C16H20O2S2. The molecule has 1 unspecified atom stereocenters. The van der Waals surface area contributed by atoms with E-state index in [0.29, 0.717) is 0 Å². The van der Waals surface area contributed by atoms with Crippen LogP contribution < -0.4 is 0 Å². The van der Waals surface area contributed by atoms with Crippen molar-refractivity contribution < 1.29 is 9.53 Å². The lowest BCUT2D eigenvalue weighted by Gasteiger charge is -2.25. The Bertz CT molecular complexity index is 591. The number of methoxy groups -OCH3 is 1. The zero-order valence-corrected chi connectivity index (χ0v) is 13.8. The van der Waals surface area contributed by atoms with Crippen LogP contribution in [0.15, 0.2) is 29.6 Å². The second-order valence-corrected chi connectivity index (χ2v) is 7.41. The van der Waals surface area contributed by atoms with Gasteiger partial charge in [0.05, 0.1) is 7.11 Å². The van der Waals surface area contributed by atoms with E-state index < -0.39 is 4.75 Å². The van der Waals surface area contributed by atoms with Crippen molar-refractivity contribution >= 4 is 39.2 Å². The minimum atomic E-state index is -0.452. The van der Waals surface area contributed by atoms with E-state index in [0.717, 1.165) is 18.6 Å². The Balaban J connectivity index is 2.15. The number of thiophene rings is 1. The van der Waals surface area contributed by atoms with Gasteiger partial charge in [-0.05, 0) is 35.7 Å². The fraction of sp³-hybridized carbons (Fsp3) is 0.438. The van der Waals surface area contributed by atoms with Crippen molar-refractivity contribution in [3.05, 3.63) is 35.2 Å². The Kier molecular flexibility index (Phi) is 5.11. The van der Waals surface area contributed by atoms with Gasteiger partial charge < -0.3 is 4.74 Å². The molecule has 4 heteroatoms. The first kappa shape index (κ1) is 15.4. The van der Waals surface area contributed by atoms with E-state index in [1.54, 1.807) is 23.1 Å². The SMILES string of the molecule is CCCC(C)(SCc1csc2ccccc12)C(=O)OC. The van der Waals surface area contributed by atoms with Gasteiger partial charge in [-0.1, -0.05) is 31.5 Å². The van der Waals surface area contributed by atoms with Crippen molar-refractivity contribution in [1.29, 1.82) is 0 Å². The molecule has 0 saturated heterocycles. The molecule has 0 N–H and O–H groups in total. The lowest BCUT2D eigenvalue weighted by molar-refractivity contribution is -0.143. The largest absolute Gasteiger partial charge is 0.468 e. The highest BCUT2D eigenvalue weighted by molar-refractivity contribution is 8.00. The molecule has 1 atom stereocenters. The molecule has 0 radical (unpaired) electrons. The Labute approximate surface area is 128 Å². The number of hydrogen-bond acceptors (Lipinski definition) is 4. The van der Waals surface area contributed by atoms with Crippen LogP contribution >= 0.6 is 23.1 Å². The summed E-state index contributed by atoms with van der Waals surface area (Å²) in [6, 6.07) is 8.41. The van der Waals surface area contributed by atoms with Crippen LogP contribution in [0.1, 0.15) is 32.3 Å². The van der Waals surface area contributed by atoms with Gasteiger partial charge in [-0.15, -0.1) is 23.1 Å². The van der Waals surface area contributed by atoms with Crippen molar-refractivity contribution in [1.82, 2.24) is 0 Å². The normalized spacial score (nSPS) is 14.2. The van der Waals surface area contributed by atoms with Crippen LogP contribution in [0.2, 0.25) is 0 Å². The van der Waals surface area contributed by atoms with Gasteiger partial charge in [0.15, 0.2) is 0 Å². The van der Waals surface area contributed by atoms with Gasteiger partial charge in [-0.25, -0.2) is 0 Å². The first-order chi connectivity index (χ1) is 9.60. The summed E-state index contributed by atoms with van der Waals surface area (Å²) in [4.78, 5) is 12.0. The molecule has 0 bridgehead atoms. The van der Waals surface area contributed by atoms with E-state index in [9.17, 15) is 4.79 Å². The summed E-state index contributed by atoms with van der Waals surface area (Å²) >= 11 is 3.45. The van der Waals surface area contributed by atoms with Gasteiger partial charge in [0.1, 0.15) is 4.75 Å². The molecule has 2 rings (SSSR count). The number of fused-ring (bicyclic) bond motifs is 1. The van der Waals surface area contributed by atoms with Crippen molar-refractivity contribution in [2.45, 2.75) is 37.2 Å². The zero-order chi connectivity index (χ0) is 14.6. The zero-order valence-electron chi connectivity index (χ0n) is 12.1. The van der Waals surface area contributed by atoms with Crippen LogP contribution in [0.3, 0.4) is 0 Å². The molecule has 0 spiro atoms. The van der Waals surface area contributed by atoms with E-state index in [-0.39, 0.29) is 5.97 Å². The van der Waals surface area contributed by atoms with Crippen LogP contribution in [0.25, 0.3) is 10.1 Å². The second-order valence-electron chi connectivity index (χ2n) is 5.02. The van der Waals surface area contributed by atoms with Gasteiger partial charge >= 0.3 is 5.97 Å². The molecule has 2 nitrogen and oxygen atoms in total. The number of esters is 1. The van der Waals surface area contributed by atoms with Crippen LogP contribution in [0, 0.1) is 0 Å². The van der Waals surface area contributed by atoms with Crippen LogP contribution in [-0.2, 0) is 15.3 Å². The van der Waals surface area contributed by atoms with Gasteiger partial charge in [-0.2, -0.15) is 0 Å². The van der Waals surface area contributed by atoms with Crippen LogP contribution in [0.4, 0.5) is 0 Å². The lowest BCUT2D eigenvalue weighted by atomic mass is 10.1. The molecule has 1 aromatic heterocycles. The summed E-state index contributed by atoms with van der Waals surface area (Å²) in [5.74, 6) is 0.721. The third kappa shape index (κ3) is 3.18. The summed E-state index contributed by atoms with van der Waals surface area (Å²) in [5, 5.41) is 3.50. The fourth-order valence-corrected chi connectivity index (χ4v) is 4.64. The fourth-order valence-electron chi connectivity index (χ4n) is 2.31. The Morgan fingerprint density at radius 1 is 1.40 bits per heavy atom. The van der Waals surface area contributed by atoms with Gasteiger partial charge in [0.2, 0.25) is 0 Å². The Morgan fingerprint density at radius 2 is 2.15 bits per heavy atom. The van der Waals surface area contributed by atoms with E-state index in [1.165, 1.54) is 22.8 Å². The highest BCUT2D eigenvalue weighted by Crippen LogP contribution is 2.37. The molecule has 0 aliphatic heterocycles. The molecule has 0 amide bonds. The van der Waals surface area contributed by atoms with E-state index in [1.807, 2.05) is 6.92 Å². The number of carbonyl (C=O) groups is 1. The van der Waals surface area contributed by atoms with Gasteiger partial charge in [0.25, 0.3) is 0 Å². The average molecular weight is 308 g/mol. The highest BCUT2D eigenvalue weighted by Gasteiger charge is 2.34. The molecular weight excluding hydrogens is 288 g/mol. The molecule has 0 aliphatic carbocycles. The maximum atomic E-state index is 12.0. The monoisotopic (exact) mass is 308 g/mol. The smallest absolute Gasteiger partial charge is 0.321 e. The van der Waals surface area contributed by atoms with Crippen LogP contribution in [0.5, 0.6) is 0 Å². The first-order valence-corrected chi connectivity index (χ1v) is 8.64. The molecule has 108 valence electrons. The van der Waals surface area contributed by atoms with Crippen LogP contribution in [-0.4, -0.2) is 17.8 Å². The molecule has 0 aliphatic rings. The Hall–Kier alpha value is -1.00.